The lowest BCUT2D eigenvalue weighted by Gasteiger charge is -2.48. The van der Waals surface area contributed by atoms with E-state index in [0.29, 0.717) is 12.1 Å². The number of amides is 3. The monoisotopic (exact) mass is 400 g/mol. The number of para-hydroxylation sites is 1. The lowest BCUT2D eigenvalue weighted by atomic mass is 9.78. The van der Waals surface area contributed by atoms with E-state index in [9.17, 15) is 14.7 Å². The molecular formula is C25H24N2O3. The third kappa shape index (κ3) is 3.60. The quantitative estimate of drug-likeness (QED) is 0.697. The SMILES string of the molecule is CC1(Cc2ccccc2)C(=O)N(Cc2ccccc2)C(=O)N(c2ccccc2)C1O. The van der Waals surface area contributed by atoms with E-state index in [0.717, 1.165) is 11.1 Å². The maximum atomic E-state index is 13.6. The summed E-state index contributed by atoms with van der Waals surface area (Å²) in [4.78, 5) is 29.5. The minimum Gasteiger partial charge on any atom is -0.372 e. The standard InChI is InChI=1S/C25H24N2O3/c1-25(17-19-11-5-2-6-12-19)22(28)26(18-20-13-7-3-8-14-20)24(30)27(23(25)29)21-15-9-4-10-16-21/h2-16,23,29H,17-18H2,1H3. The Balaban J connectivity index is 1.76. The zero-order valence-corrected chi connectivity index (χ0v) is 16.8. The Morgan fingerprint density at radius 3 is 1.87 bits per heavy atom. The van der Waals surface area contributed by atoms with E-state index < -0.39 is 17.7 Å². The molecule has 2 atom stereocenters. The molecule has 4 rings (SSSR count). The highest BCUT2D eigenvalue weighted by Crippen LogP contribution is 2.39. The molecule has 1 aliphatic rings. The summed E-state index contributed by atoms with van der Waals surface area (Å²) in [5.41, 5.74) is 1.14. The van der Waals surface area contributed by atoms with Crippen LogP contribution >= 0.6 is 0 Å². The molecule has 0 bridgehead atoms. The molecule has 0 saturated carbocycles. The van der Waals surface area contributed by atoms with Gasteiger partial charge >= 0.3 is 6.03 Å². The van der Waals surface area contributed by atoms with Crippen LogP contribution in [0.5, 0.6) is 0 Å². The van der Waals surface area contributed by atoms with Crippen LogP contribution in [0.3, 0.4) is 0 Å². The van der Waals surface area contributed by atoms with Crippen LogP contribution in [0.1, 0.15) is 18.1 Å². The van der Waals surface area contributed by atoms with E-state index in [1.54, 1.807) is 19.1 Å². The van der Waals surface area contributed by atoms with E-state index in [4.69, 9.17) is 0 Å². The topological polar surface area (TPSA) is 60.9 Å². The van der Waals surface area contributed by atoms with Crippen molar-refractivity contribution < 1.29 is 14.7 Å². The molecule has 0 radical (unpaired) electrons. The number of urea groups is 1. The highest BCUT2D eigenvalue weighted by Gasteiger charge is 2.54. The molecule has 2 unspecified atom stereocenters. The van der Waals surface area contributed by atoms with E-state index in [2.05, 4.69) is 0 Å². The molecule has 5 nitrogen and oxygen atoms in total. The zero-order chi connectivity index (χ0) is 21.1. The minimum absolute atomic E-state index is 0.152. The van der Waals surface area contributed by atoms with Gasteiger partial charge in [-0.2, -0.15) is 0 Å². The van der Waals surface area contributed by atoms with Crippen LogP contribution in [0.15, 0.2) is 91.0 Å². The van der Waals surface area contributed by atoms with Crippen LogP contribution in [0.4, 0.5) is 10.5 Å². The molecule has 5 heteroatoms. The van der Waals surface area contributed by atoms with Crippen LogP contribution < -0.4 is 4.90 Å². The first-order valence-corrected chi connectivity index (χ1v) is 9.97. The first-order valence-electron chi connectivity index (χ1n) is 9.97. The molecule has 1 heterocycles. The van der Waals surface area contributed by atoms with Crippen LogP contribution in [-0.2, 0) is 17.8 Å². The number of nitrogens with zero attached hydrogens (tertiary/aromatic N) is 2. The van der Waals surface area contributed by atoms with Gasteiger partial charge in [0.2, 0.25) is 5.91 Å². The highest BCUT2D eigenvalue weighted by molar-refractivity contribution is 6.08. The van der Waals surface area contributed by atoms with Gasteiger partial charge in [-0.3, -0.25) is 14.6 Å². The van der Waals surface area contributed by atoms with Crippen LogP contribution in [0.25, 0.3) is 0 Å². The summed E-state index contributed by atoms with van der Waals surface area (Å²) in [6, 6.07) is 27.4. The molecule has 1 aliphatic heterocycles. The van der Waals surface area contributed by atoms with Crippen molar-refractivity contribution in [1.29, 1.82) is 0 Å². The number of rotatable bonds is 5. The molecule has 3 amide bonds. The van der Waals surface area contributed by atoms with Gasteiger partial charge in [0.1, 0.15) is 6.23 Å². The normalized spacial score (nSPS) is 21.7. The first-order chi connectivity index (χ1) is 14.5. The number of hydrogen-bond acceptors (Lipinski definition) is 3. The van der Waals surface area contributed by atoms with E-state index in [1.165, 1.54) is 9.80 Å². The second-order valence-corrected chi connectivity index (χ2v) is 7.82. The molecule has 3 aromatic rings. The van der Waals surface area contributed by atoms with Crippen molar-refractivity contribution in [2.45, 2.75) is 26.1 Å². The average molecular weight is 400 g/mol. The smallest absolute Gasteiger partial charge is 0.333 e. The highest BCUT2D eigenvalue weighted by atomic mass is 16.3. The number of aliphatic hydroxyl groups excluding tert-OH is 1. The molecule has 1 fully saturated rings. The van der Waals surface area contributed by atoms with Crippen molar-refractivity contribution >= 4 is 17.6 Å². The van der Waals surface area contributed by atoms with Crippen molar-refractivity contribution in [3.63, 3.8) is 0 Å². The Hall–Kier alpha value is -3.44. The summed E-state index contributed by atoms with van der Waals surface area (Å²) < 4.78 is 0. The first kappa shape index (κ1) is 19.9. The third-order valence-corrected chi connectivity index (χ3v) is 5.62. The lowest BCUT2D eigenvalue weighted by Crippen LogP contribution is -2.67. The molecule has 30 heavy (non-hydrogen) atoms. The number of hydrogen-bond donors (Lipinski definition) is 1. The van der Waals surface area contributed by atoms with Crippen LogP contribution in [0.2, 0.25) is 0 Å². The van der Waals surface area contributed by atoms with Crippen molar-refractivity contribution in [1.82, 2.24) is 4.90 Å². The fraction of sp³-hybridized carbons (Fsp3) is 0.200. The Bertz CT molecular complexity index is 1020. The molecule has 1 N–H and O–H groups in total. The summed E-state index contributed by atoms with van der Waals surface area (Å²) in [7, 11) is 0. The van der Waals surface area contributed by atoms with Crippen molar-refractivity contribution in [2.24, 2.45) is 5.41 Å². The van der Waals surface area contributed by atoms with Gasteiger partial charge in [0, 0.05) is 5.69 Å². The Labute approximate surface area is 176 Å². The van der Waals surface area contributed by atoms with Crippen molar-refractivity contribution in [3.05, 3.63) is 102 Å². The van der Waals surface area contributed by atoms with Crippen LogP contribution in [0, 0.1) is 5.41 Å². The van der Waals surface area contributed by atoms with Crippen molar-refractivity contribution in [2.75, 3.05) is 4.90 Å². The molecule has 0 spiro atoms. The summed E-state index contributed by atoms with van der Waals surface area (Å²) >= 11 is 0. The molecule has 1 saturated heterocycles. The molecule has 3 aromatic carbocycles. The molecule has 152 valence electrons. The lowest BCUT2D eigenvalue weighted by molar-refractivity contribution is -0.148. The maximum absolute atomic E-state index is 13.6. The number of benzene rings is 3. The molecular weight excluding hydrogens is 376 g/mol. The van der Waals surface area contributed by atoms with Gasteiger partial charge < -0.3 is 5.11 Å². The number of carbonyl (C=O) groups excluding carboxylic acids is 2. The summed E-state index contributed by atoms with van der Waals surface area (Å²) in [6.45, 7) is 1.88. The number of carbonyl (C=O) groups is 2. The fourth-order valence-corrected chi connectivity index (χ4v) is 3.96. The van der Waals surface area contributed by atoms with E-state index in [1.807, 2.05) is 78.9 Å². The predicted octanol–water partition coefficient (Wildman–Crippen LogP) is 4.22. The number of imide groups is 1. The van der Waals surface area contributed by atoms with Gasteiger partial charge in [0.25, 0.3) is 0 Å². The van der Waals surface area contributed by atoms with Crippen LogP contribution in [-0.4, -0.2) is 28.2 Å². The molecule has 0 aliphatic carbocycles. The largest absolute Gasteiger partial charge is 0.372 e. The Kier molecular flexibility index (Phi) is 5.38. The summed E-state index contributed by atoms with van der Waals surface area (Å²) in [6.07, 6.45) is -0.970. The second-order valence-electron chi connectivity index (χ2n) is 7.82. The van der Waals surface area contributed by atoms with Gasteiger partial charge in [-0.25, -0.2) is 4.79 Å². The van der Waals surface area contributed by atoms with E-state index >= 15 is 0 Å². The third-order valence-electron chi connectivity index (χ3n) is 5.62. The molecule has 0 aromatic heterocycles. The Morgan fingerprint density at radius 1 is 0.800 bits per heavy atom. The summed E-state index contributed by atoms with van der Waals surface area (Å²) in [5, 5.41) is 11.3. The number of anilines is 1. The summed E-state index contributed by atoms with van der Waals surface area (Å²) in [5.74, 6) is -0.375. The minimum atomic E-state index is -1.29. The van der Waals surface area contributed by atoms with Gasteiger partial charge in [-0.15, -0.1) is 0 Å². The maximum Gasteiger partial charge on any atom is 0.333 e. The van der Waals surface area contributed by atoms with Crippen molar-refractivity contribution in [3.8, 4) is 0 Å². The van der Waals surface area contributed by atoms with Gasteiger partial charge in [0.15, 0.2) is 0 Å². The van der Waals surface area contributed by atoms with Gasteiger partial charge in [-0.05, 0) is 36.6 Å². The average Bonchev–Trinajstić information content (AvgIpc) is 2.78. The van der Waals surface area contributed by atoms with Gasteiger partial charge in [-0.1, -0.05) is 78.9 Å². The zero-order valence-electron chi connectivity index (χ0n) is 16.8. The Morgan fingerprint density at radius 2 is 1.30 bits per heavy atom. The second kappa shape index (κ2) is 8.13. The predicted molar refractivity (Wildman–Crippen MR) is 116 cm³/mol. The number of aliphatic hydroxyl groups is 1. The van der Waals surface area contributed by atoms with Gasteiger partial charge in [0.05, 0.1) is 12.0 Å². The fourth-order valence-electron chi connectivity index (χ4n) is 3.96. The van der Waals surface area contributed by atoms with E-state index in [-0.39, 0.29) is 12.5 Å².